The molecule has 0 unspecified atom stereocenters. The molecule has 6 nitrogen and oxygen atoms in total. The SMILES string of the molecule is Cc1ccc2c(c1)[C@H]1CN(C)CC[C@@H]1N2C(=O)c1ccc([N+](=O)[O-])cc1Cl. The molecule has 2 aromatic rings. The molecule has 2 aromatic carbocycles. The zero-order valence-corrected chi connectivity index (χ0v) is 15.9. The number of hydrogen-bond acceptors (Lipinski definition) is 4. The minimum Gasteiger partial charge on any atom is -0.306 e. The Morgan fingerprint density at radius 2 is 2.04 bits per heavy atom. The second-order valence-electron chi connectivity index (χ2n) is 7.38. The van der Waals surface area contributed by atoms with Crippen LogP contribution in [0.4, 0.5) is 11.4 Å². The van der Waals surface area contributed by atoms with Gasteiger partial charge in [0.05, 0.1) is 15.5 Å². The summed E-state index contributed by atoms with van der Waals surface area (Å²) in [4.78, 5) is 28.0. The quantitative estimate of drug-likeness (QED) is 0.578. The minimum atomic E-state index is -0.513. The maximum absolute atomic E-state index is 13.4. The average molecular weight is 386 g/mol. The summed E-state index contributed by atoms with van der Waals surface area (Å²) < 4.78 is 0. The van der Waals surface area contributed by atoms with Crippen LogP contribution >= 0.6 is 11.6 Å². The summed E-state index contributed by atoms with van der Waals surface area (Å²) in [5, 5.41) is 11.1. The molecule has 0 radical (unpaired) electrons. The molecule has 0 saturated carbocycles. The largest absolute Gasteiger partial charge is 0.306 e. The van der Waals surface area contributed by atoms with Gasteiger partial charge in [-0.3, -0.25) is 14.9 Å². The van der Waals surface area contributed by atoms with Crippen LogP contribution in [0.5, 0.6) is 0 Å². The second kappa shape index (κ2) is 6.62. The van der Waals surface area contributed by atoms with E-state index in [1.807, 2.05) is 17.0 Å². The topological polar surface area (TPSA) is 66.7 Å². The molecule has 140 valence electrons. The fourth-order valence-electron chi connectivity index (χ4n) is 4.27. The summed E-state index contributed by atoms with van der Waals surface area (Å²) in [5.41, 5.74) is 3.46. The summed E-state index contributed by atoms with van der Waals surface area (Å²) in [6.07, 6.45) is 0.880. The summed E-state index contributed by atoms with van der Waals surface area (Å²) in [5.74, 6) is 0.0662. The molecule has 27 heavy (non-hydrogen) atoms. The van der Waals surface area contributed by atoms with Gasteiger partial charge in [0.25, 0.3) is 11.6 Å². The number of nitrogens with zero attached hydrogens (tertiary/aromatic N) is 3. The van der Waals surface area contributed by atoms with Gasteiger partial charge >= 0.3 is 0 Å². The first-order valence-corrected chi connectivity index (χ1v) is 9.31. The lowest BCUT2D eigenvalue weighted by Crippen LogP contribution is -2.47. The smallest absolute Gasteiger partial charge is 0.270 e. The normalized spacial score (nSPS) is 21.7. The van der Waals surface area contributed by atoms with Crippen molar-refractivity contribution >= 4 is 28.9 Å². The third kappa shape index (κ3) is 2.99. The van der Waals surface area contributed by atoms with Crippen molar-refractivity contribution in [2.75, 3.05) is 25.0 Å². The van der Waals surface area contributed by atoms with Gasteiger partial charge in [0, 0.05) is 36.3 Å². The summed E-state index contributed by atoms with van der Waals surface area (Å²) in [7, 11) is 2.10. The van der Waals surface area contributed by atoms with E-state index in [4.69, 9.17) is 11.6 Å². The lowest BCUT2D eigenvalue weighted by molar-refractivity contribution is -0.384. The summed E-state index contributed by atoms with van der Waals surface area (Å²) >= 11 is 6.24. The van der Waals surface area contributed by atoms with E-state index in [0.717, 1.165) is 25.2 Å². The van der Waals surface area contributed by atoms with Crippen molar-refractivity contribution in [3.8, 4) is 0 Å². The fraction of sp³-hybridized carbons (Fsp3) is 0.350. The van der Waals surface area contributed by atoms with Crippen molar-refractivity contribution in [2.45, 2.75) is 25.3 Å². The first-order chi connectivity index (χ1) is 12.9. The number of carbonyl (C=O) groups excluding carboxylic acids is 1. The minimum absolute atomic E-state index is 0.0803. The third-order valence-corrected chi connectivity index (χ3v) is 5.88. The number of halogens is 1. The van der Waals surface area contributed by atoms with Crippen LogP contribution in [0.2, 0.25) is 5.02 Å². The molecule has 2 aliphatic heterocycles. The Hall–Kier alpha value is -2.44. The number of piperidine rings is 1. The lowest BCUT2D eigenvalue weighted by atomic mass is 9.88. The van der Waals surface area contributed by atoms with Gasteiger partial charge in [-0.1, -0.05) is 29.3 Å². The molecular weight excluding hydrogens is 366 g/mol. The average Bonchev–Trinajstić information content (AvgIpc) is 2.94. The molecule has 1 amide bonds. The zero-order valence-electron chi connectivity index (χ0n) is 15.2. The number of nitro benzene ring substituents is 1. The van der Waals surface area contributed by atoms with E-state index in [1.165, 1.54) is 29.3 Å². The number of likely N-dealkylation sites (tertiary alicyclic amines) is 1. The number of nitro groups is 1. The van der Waals surface area contributed by atoms with E-state index in [0.29, 0.717) is 5.56 Å². The van der Waals surface area contributed by atoms with Crippen molar-refractivity contribution in [3.63, 3.8) is 0 Å². The van der Waals surface area contributed by atoms with Crippen molar-refractivity contribution in [1.82, 2.24) is 4.90 Å². The van der Waals surface area contributed by atoms with Crippen LogP contribution in [0.3, 0.4) is 0 Å². The maximum Gasteiger partial charge on any atom is 0.270 e. The number of likely N-dealkylation sites (N-methyl/N-ethyl adjacent to an activating group) is 1. The van der Waals surface area contributed by atoms with Crippen LogP contribution in [0.25, 0.3) is 0 Å². The van der Waals surface area contributed by atoms with E-state index in [2.05, 4.69) is 24.9 Å². The Morgan fingerprint density at radius 3 is 2.74 bits per heavy atom. The van der Waals surface area contributed by atoms with Gasteiger partial charge in [0.15, 0.2) is 0 Å². The van der Waals surface area contributed by atoms with E-state index >= 15 is 0 Å². The Balaban J connectivity index is 1.77. The first-order valence-electron chi connectivity index (χ1n) is 8.93. The number of non-ortho nitro benzene ring substituents is 1. The van der Waals surface area contributed by atoms with Gasteiger partial charge in [-0.15, -0.1) is 0 Å². The van der Waals surface area contributed by atoms with Crippen LogP contribution in [0.15, 0.2) is 36.4 Å². The van der Waals surface area contributed by atoms with E-state index in [9.17, 15) is 14.9 Å². The maximum atomic E-state index is 13.4. The monoisotopic (exact) mass is 385 g/mol. The highest BCUT2D eigenvalue weighted by atomic mass is 35.5. The van der Waals surface area contributed by atoms with Crippen molar-refractivity contribution in [3.05, 3.63) is 68.2 Å². The lowest BCUT2D eigenvalue weighted by Gasteiger charge is -2.36. The number of amides is 1. The van der Waals surface area contributed by atoms with Gasteiger partial charge in [-0.2, -0.15) is 0 Å². The molecule has 0 bridgehead atoms. The predicted molar refractivity (Wildman–Crippen MR) is 105 cm³/mol. The number of aryl methyl sites for hydroxylation is 1. The van der Waals surface area contributed by atoms with E-state index < -0.39 is 4.92 Å². The molecule has 1 saturated heterocycles. The standard InChI is InChI=1S/C20H20ClN3O3/c1-12-3-6-18-15(9-12)16-11-22(2)8-7-19(16)23(18)20(25)14-5-4-13(24(26)27)10-17(14)21/h3-6,9-10,16,19H,7-8,11H2,1-2H3/t16-,19+/m1/s1. The highest BCUT2D eigenvalue weighted by Gasteiger charge is 2.44. The van der Waals surface area contributed by atoms with Gasteiger partial charge in [0.2, 0.25) is 0 Å². The van der Waals surface area contributed by atoms with Gasteiger partial charge < -0.3 is 9.80 Å². The zero-order chi connectivity index (χ0) is 19.3. The molecule has 2 heterocycles. The molecule has 0 aliphatic carbocycles. The number of fused-ring (bicyclic) bond motifs is 3. The highest BCUT2D eigenvalue weighted by Crippen LogP contribution is 2.46. The number of anilines is 1. The van der Waals surface area contributed by atoms with Gasteiger partial charge in [-0.05, 0) is 44.6 Å². The third-order valence-electron chi connectivity index (χ3n) is 5.57. The molecular formula is C20H20ClN3O3. The van der Waals surface area contributed by atoms with Crippen molar-refractivity contribution in [2.24, 2.45) is 0 Å². The van der Waals surface area contributed by atoms with Crippen LogP contribution in [-0.4, -0.2) is 41.9 Å². The van der Waals surface area contributed by atoms with Gasteiger partial charge in [0.1, 0.15) is 0 Å². The number of benzene rings is 2. The molecule has 2 aliphatic rings. The Bertz CT molecular complexity index is 946. The summed E-state index contributed by atoms with van der Waals surface area (Å²) in [6.45, 7) is 3.88. The second-order valence-corrected chi connectivity index (χ2v) is 7.79. The molecule has 4 rings (SSSR count). The van der Waals surface area contributed by atoms with Crippen LogP contribution < -0.4 is 4.90 Å². The molecule has 0 spiro atoms. The molecule has 1 fully saturated rings. The van der Waals surface area contributed by atoms with E-state index in [-0.39, 0.29) is 28.6 Å². The van der Waals surface area contributed by atoms with Crippen LogP contribution in [-0.2, 0) is 0 Å². The Kier molecular flexibility index (Phi) is 4.40. The van der Waals surface area contributed by atoms with E-state index in [1.54, 1.807) is 0 Å². The van der Waals surface area contributed by atoms with Crippen LogP contribution in [0.1, 0.15) is 33.8 Å². The number of rotatable bonds is 2. The first kappa shape index (κ1) is 17.9. The highest BCUT2D eigenvalue weighted by molar-refractivity contribution is 6.34. The van der Waals surface area contributed by atoms with Crippen molar-refractivity contribution in [1.29, 1.82) is 0 Å². The molecule has 2 atom stereocenters. The number of hydrogen-bond donors (Lipinski definition) is 0. The Morgan fingerprint density at radius 1 is 1.26 bits per heavy atom. The molecule has 7 heteroatoms. The molecule has 0 N–H and O–H groups in total. The fourth-order valence-corrected chi connectivity index (χ4v) is 4.52. The predicted octanol–water partition coefficient (Wildman–Crippen LogP) is 4.00. The summed E-state index contributed by atoms with van der Waals surface area (Å²) in [6, 6.07) is 10.3. The van der Waals surface area contributed by atoms with Crippen LogP contribution in [0, 0.1) is 17.0 Å². The van der Waals surface area contributed by atoms with Gasteiger partial charge in [-0.25, -0.2) is 0 Å². The Labute approximate surface area is 162 Å². The molecule has 0 aromatic heterocycles. The van der Waals surface area contributed by atoms with Crippen molar-refractivity contribution < 1.29 is 9.72 Å². The number of carbonyl (C=O) groups is 1.